The molecule has 190 valence electrons. The molecule has 2 amide bonds. The first-order valence-corrected chi connectivity index (χ1v) is 12.9. The second-order valence-corrected chi connectivity index (χ2v) is 10.3. The molecule has 0 aromatic heterocycles. The Morgan fingerprint density at radius 1 is 1.03 bits per heavy atom. The second kappa shape index (κ2) is 11.0. The van der Waals surface area contributed by atoms with Crippen LogP contribution in [0.15, 0.2) is 55.1 Å². The minimum absolute atomic E-state index is 0.0134. The summed E-state index contributed by atoms with van der Waals surface area (Å²) in [5.74, 6) is 0.657. The molecular weight excluding hydrogens is 483 g/mol. The van der Waals surface area contributed by atoms with Crippen molar-refractivity contribution in [2.45, 2.75) is 50.4 Å². The highest BCUT2D eigenvalue weighted by molar-refractivity contribution is 7.89. The highest BCUT2D eigenvalue weighted by atomic mass is 32.2. The van der Waals surface area contributed by atoms with Gasteiger partial charge in [-0.1, -0.05) is 18.7 Å². The largest absolute Gasteiger partial charge is 0.490 e. The van der Waals surface area contributed by atoms with Crippen molar-refractivity contribution in [1.29, 1.82) is 0 Å². The highest BCUT2D eigenvalue weighted by Gasteiger charge is 2.27. The maximum Gasteiger partial charge on any atom is 0.393 e. The number of hydrogen-bond acceptors (Lipinski definition) is 4. The Bertz CT molecular complexity index is 1130. The van der Waals surface area contributed by atoms with E-state index >= 15 is 0 Å². The molecule has 0 radical (unpaired) electrons. The predicted octanol–water partition coefficient (Wildman–Crippen LogP) is 4.82. The number of benzene rings is 2. The molecule has 2 aromatic rings. The first-order valence-electron chi connectivity index (χ1n) is 11.0. The number of halogens is 3. The number of ether oxygens (including phenoxy) is 1. The molecule has 2 aromatic carbocycles. The number of hydrogen-bond donors (Lipinski definition) is 3. The number of nitrogens with one attached hydrogen (secondary N) is 3. The Hall–Kier alpha value is -3.21. The standard InChI is InChI=1S/C24H28F3N3O4S/c1-16(30-35(2,32)33)18-5-11-21(12-6-18)34-22-13-9-20(10-14-22)29-23(31)28-19-7-3-17(4-8-19)15-24(25,26)27/h3-8,11-12,20,22,30H,1,9-10,13-15H2,2H3,(H2,28,29,31)/t20-,22-. The average molecular weight is 512 g/mol. The number of urea groups is 1. The summed E-state index contributed by atoms with van der Waals surface area (Å²) in [7, 11) is -3.40. The first kappa shape index (κ1) is 26.4. The molecule has 0 atom stereocenters. The average Bonchev–Trinajstić information content (AvgIpc) is 2.75. The van der Waals surface area contributed by atoms with Crippen LogP contribution in [0.25, 0.3) is 5.70 Å². The lowest BCUT2D eigenvalue weighted by Gasteiger charge is -2.29. The van der Waals surface area contributed by atoms with Crippen LogP contribution in [0.5, 0.6) is 5.75 Å². The summed E-state index contributed by atoms with van der Waals surface area (Å²) in [6, 6.07) is 12.1. The van der Waals surface area contributed by atoms with E-state index in [1.54, 1.807) is 24.3 Å². The van der Waals surface area contributed by atoms with E-state index in [4.69, 9.17) is 4.74 Å². The van der Waals surface area contributed by atoms with Gasteiger partial charge in [0.15, 0.2) is 0 Å². The minimum atomic E-state index is -4.27. The van der Waals surface area contributed by atoms with Crippen molar-refractivity contribution in [2.24, 2.45) is 0 Å². The molecule has 11 heteroatoms. The minimum Gasteiger partial charge on any atom is -0.490 e. The van der Waals surface area contributed by atoms with Gasteiger partial charge in [0.1, 0.15) is 5.75 Å². The van der Waals surface area contributed by atoms with Crippen molar-refractivity contribution >= 4 is 27.4 Å². The lowest BCUT2D eigenvalue weighted by molar-refractivity contribution is -0.127. The maximum atomic E-state index is 12.4. The topological polar surface area (TPSA) is 96.5 Å². The van der Waals surface area contributed by atoms with E-state index in [2.05, 4.69) is 21.9 Å². The molecule has 0 bridgehead atoms. The predicted molar refractivity (Wildman–Crippen MR) is 128 cm³/mol. The van der Waals surface area contributed by atoms with Gasteiger partial charge in [0.05, 0.1) is 18.8 Å². The fourth-order valence-corrected chi connectivity index (χ4v) is 4.39. The third-order valence-electron chi connectivity index (χ3n) is 5.44. The number of alkyl halides is 3. The third-order valence-corrected chi connectivity index (χ3v) is 6.06. The Kier molecular flexibility index (Phi) is 8.31. The van der Waals surface area contributed by atoms with Gasteiger partial charge in [-0.05, 0) is 73.2 Å². The number of carbonyl (C=O) groups is 1. The van der Waals surface area contributed by atoms with E-state index in [1.165, 1.54) is 24.3 Å². The Morgan fingerprint density at radius 3 is 2.17 bits per heavy atom. The van der Waals surface area contributed by atoms with Gasteiger partial charge < -0.3 is 15.4 Å². The SMILES string of the molecule is C=C(NS(C)(=O)=O)c1ccc(O[C@H]2CC[C@H](NC(=O)Nc3ccc(CC(F)(F)F)cc3)CC2)cc1. The lowest BCUT2D eigenvalue weighted by Crippen LogP contribution is -2.41. The van der Waals surface area contributed by atoms with E-state index in [0.717, 1.165) is 31.9 Å². The first-order chi connectivity index (χ1) is 16.4. The maximum absolute atomic E-state index is 12.4. The van der Waals surface area contributed by atoms with Crippen LogP contribution in [-0.4, -0.2) is 39.0 Å². The van der Waals surface area contributed by atoms with Gasteiger partial charge in [-0.3, -0.25) is 4.72 Å². The van der Waals surface area contributed by atoms with Gasteiger partial charge in [-0.15, -0.1) is 0 Å². The molecule has 35 heavy (non-hydrogen) atoms. The number of rotatable bonds is 8. The molecule has 1 fully saturated rings. The molecule has 0 unspecified atom stereocenters. The Morgan fingerprint density at radius 2 is 1.63 bits per heavy atom. The molecule has 1 aliphatic rings. The van der Waals surface area contributed by atoms with Crippen LogP contribution in [0, 0.1) is 0 Å². The Labute approximate surface area is 202 Å². The van der Waals surface area contributed by atoms with E-state index < -0.39 is 28.7 Å². The molecule has 0 saturated heterocycles. The molecule has 3 rings (SSSR count). The molecule has 1 saturated carbocycles. The number of sulfonamides is 1. The van der Waals surface area contributed by atoms with Crippen LogP contribution in [-0.2, 0) is 16.4 Å². The lowest BCUT2D eigenvalue weighted by atomic mass is 9.93. The quantitative estimate of drug-likeness (QED) is 0.473. The number of carbonyl (C=O) groups excluding carboxylic acids is 1. The molecule has 0 aliphatic heterocycles. The fraction of sp³-hybridized carbons (Fsp3) is 0.375. The van der Waals surface area contributed by atoms with Gasteiger partial charge in [0.25, 0.3) is 0 Å². The van der Waals surface area contributed by atoms with Gasteiger partial charge in [0, 0.05) is 17.4 Å². The zero-order valence-corrected chi connectivity index (χ0v) is 20.0. The van der Waals surface area contributed by atoms with Crippen molar-refractivity contribution in [2.75, 3.05) is 11.6 Å². The van der Waals surface area contributed by atoms with Gasteiger partial charge >= 0.3 is 12.2 Å². The van der Waals surface area contributed by atoms with Crippen molar-refractivity contribution < 1.29 is 31.1 Å². The zero-order valence-electron chi connectivity index (χ0n) is 19.2. The van der Waals surface area contributed by atoms with Crippen molar-refractivity contribution in [1.82, 2.24) is 10.0 Å². The van der Waals surface area contributed by atoms with E-state index in [-0.39, 0.29) is 23.4 Å². The summed E-state index contributed by atoms with van der Waals surface area (Å²) in [5, 5.41) is 5.54. The second-order valence-electron chi connectivity index (χ2n) is 8.56. The van der Waals surface area contributed by atoms with Crippen LogP contribution in [0.3, 0.4) is 0 Å². The Balaban J connectivity index is 1.41. The molecule has 7 nitrogen and oxygen atoms in total. The van der Waals surface area contributed by atoms with E-state index in [1.807, 2.05) is 0 Å². The summed E-state index contributed by atoms with van der Waals surface area (Å²) in [6.07, 6.45) is -1.33. The van der Waals surface area contributed by atoms with Crippen molar-refractivity contribution in [3.63, 3.8) is 0 Å². The molecule has 1 aliphatic carbocycles. The monoisotopic (exact) mass is 511 g/mol. The van der Waals surface area contributed by atoms with Crippen LogP contribution in [0.1, 0.15) is 36.8 Å². The van der Waals surface area contributed by atoms with Crippen LogP contribution >= 0.6 is 0 Å². The third kappa shape index (κ3) is 9.16. The van der Waals surface area contributed by atoms with E-state index in [9.17, 15) is 26.4 Å². The van der Waals surface area contributed by atoms with Crippen molar-refractivity contribution in [3.8, 4) is 5.75 Å². The van der Waals surface area contributed by atoms with Gasteiger partial charge in [-0.2, -0.15) is 13.2 Å². The molecule has 3 N–H and O–H groups in total. The van der Waals surface area contributed by atoms with Crippen LogP contribution < -0.4 is 20.1 Å². The summed E-state index contributed by atoms with van der Waals surface area (Å²) in [6.45, 7) is 3.72. The molecule has 0 heterocycles. The van der Waals surface area contributed by atoms with Crippen LogP contribution in [0.4, 0.5) is 23.7 Å². The number of anilines is 1. The normalized spacial score (nSPS) is 18.4. The smallest absolute Gasteiger partial charge is 0.393 e. The summed E-state index contributed by atoms with van der Waals surface area (Å²) >= 11 is 0. The van der Waals surface area contributed by atoms with Gasteiger partial charge in [-0.25, -0.2) is 13.2 Å². The summed E-state index contributed by atoms with van der Waals surface area (Å²) in [4.78, 5) is 12.3. The summed E-state index contributed by atoms with van der Waals surface area (Å²) in [5.41, 5.74) is 1.47. The fourth-order valence-electron chi connectivity index (χ4n) is 3.82. The van der Waals surface area contributed by atoms with Gasteiger partial charge in [0.2, 0.25) is 10.0 Å². The zero-order chi connectivity index (χ0) is 25.6. The van der Waals surface area contributed by atoms with Crippen LogP contribution in [0.2, 0.25) is 0 Å². The molecule has 0 spiro atoms. The van der Waals surface area contributed by atoms with E-state index in [0.29, 0.717) is 17.0 Å². The number of amides is 2. The van der Waals surface area contributed by atoms with Crippen molar-refractivity contribution in [3.05, 3.63) is 66.2 Å². The highest BCUT2D eigenvalue weighted by Crippen LogP contribution is 2.25. The molecular formula is C24H28F3N3O4S. The summed E-state index contributed by atoms with van der Waals surface area (Å²) < 4.78 is 68.3.